The molecule has 1 saturated carbocycles. The number of hydrogen-bond donors (Lipinski definition) is 0. The monoisotopic (exact) mass is 358 g/mol. The van der Waals surface area contributed by atoms with E-state index >= 15 is 0 Å². The van der Waals surface area contributed by atoms with Gasteiger partial charge < -0.3 is 4.74 Å². The Bertz CT molecular complexity index is 655. The van der Waals surface area contributed by atoms with Crippen LogP contribution in [0.3, 0.4) is 0 Å². The van der Waals surface area contributed by atoms with Gasteiger partial charge in [-0.05, 0) is 56.0 Å². The molecule has 1 heterocycles. The molecular formula is C21H27ClN2O. The molecule has 2 aromatic rings. The number of aromatic nitrogens is 1. The van der Waals surface area contributed by atoms with Crippen LogP contribution in [-0.2, 0) is 10.2 Å². The van der Waals surface area contributed by atoms with Crippen molar-refractivity contribution in [3.8, 4) is 0 Å². The van der Waals surface area contributed by atoms with Gasteiger partial charge in [0, 0.05) is 49.5 Å². The van der Waals surface area contributed by atoms with Gasteiger partial charge >= 0.3 is 0 Å². The number of rotatable bonds is 9. The van der Waals surface area contributed by atoms with Gasteiger partial charge in [-0.15, -0.1) is 0 Å². The molecule has 1 aromatic heterocycles. The molecule has 3 nitrogen and oxygen atoms in total. The Morgan fingerprint density at radius 1 is 1.20 bits per heavy atom. The molecule has 0 bridgehead atoms. The minimum atomic E-state index is 0.265. The number of halogens is 1. The molecule has 1 fully saturated rings. The summed E-state index contributed by atoms with van der Waals surface area (Å²) < 4.78 is 5.26. The lowest BCUT2D eigenvalue weighted by molar-refractivity contribution is 0.144. The van der Waals surface area contributed by atoms with Crippen molar-refractivity contribution >= 4 is 11.6 Å². The summed E-state index contributed by atoms with van der Waals surface area (Å²) in [6.07, 6.45) is 5.39. The largest absolute Gasteiger partial charge is 0.385 e. The Morgan fingerprint density at radius 3 is 2.56 bits per heavy atom. The summed E-state index contributed by atoms with van der Waals surface area (Å²) in [6.45, 7) is 5.11. The Morgan fingerprint density at radius 2 is 1.96 bits per heavy atom. The highest BCUT2D eigenvalue weighted by molar-refractivity contribution is 6.30. The first kappa shape index (κ1) is 18.4. The van der Waals surface area contributed by atoms with Crippen LogP contribution < -0.4 is 0 Å². The lowest BCUT2D eigenvalue weighted by Crippen LogP contribution is -2.36. The van der Waals surface area contributed by atoms with Gasteiger partial charge in [0.1, 0.15) is 0 Å². The predicted octanol–water partition coefficient (Wildman–Crippen LogP) is 4.87. The van der Waals surface area contributed by atoms with Gasteiger partial charge in [-0.25, -0.2) is 0 Å². The van der Waals surface area contributed by atoms with E-state index in [9.17, 15) is 0 Å². The maximum Gasteiger partial charge on any atom is 0.0572 e. The molecule has 0 spiro atoms. The minimum Gasteiger partial charge on any atom is -0.385 e. The summed E-state index contributed by atoms with van der Waals surface area (Å²) >= 11 is 6.07. The van der Waals surface area contributed by atoms with E-state index < -0.39 is 0 Å². The van der Waals surface area contributed by atoms with Crippen molar-refractivity contribution in [1.82, 2.24) is 9.88 Å². The van der Waals surface area contributed by atoms with Crippen molar-refractivity contribution in [3.63, 3.8) is 0 Å². The summed E-state index contributed by atoms with van der Waals surface area (Å²) in [5.41, 5.74) is 2.80. The summed E-state index contributed by atoms with van der Waals surface area (Å²) in [5.74, 6) is 0. The van der Waals surface area contributed by atoms with E-state index in [2.05, 4.69) is 41.1 Å². The number of ether oxygens (including phenoxy) is 1. The highest BCUT2D eigenvalue weighted by Gasteiger charge is 2.45. The normalized spacial score (nSPS) is 16.8. The highest BCUT2D eigenvalue weighted by Crippen LogP contribution is 2.49. The third-order valence-electron chi connectivity index (χ3n) is 5.27. The van der Waals surface area contributed by atoms with Gasteiger partial charge in [0.25, 0.3) is 0 Å². The molecule has 0 unspecified atom stereocenters. The van der Waals surface area contributed by atoms with Gasteiger partial charge in [-0.3, -0.25) is 9.88 Å². The third-order valence-corrected chi connectivity index (χ3v) is 5.53. The zero-order chi connectivity index (χ0) is 17.7. The molecule has 0 aliphatic heterocycles. The fraction of sp³-hybridized carbons (Fsp3) is 0.476. The summed E-state index contributed by atoms with van der Waals surface area (Å²) in [4.78, 5) is 7.13. The van der Waals surface area contributed by atoms with Crippen LogP contribution in [0.2, 0.25) is 5.02 Å². The van der Waals surface area contributed by atoms with Crippen molar-refractivity contribution in [2.45, 2.75) is 37.6 Å². The van der Waals surface area contributed by atoms with E-state index in [0.29, 0.717) is 6.04 Å². The van der Waals surface area contributed by atoms with Crippen LogP contribution in [0.4, 0.5) is 0 Å². The lowest BCUT2D eigenvalue weighted by Gasteiger charge is -2.33. The topological polar surface area (TPSA) is 25.4 Å². The molecule has 0 amide bonds. The Kier molecular flexibility index (Phi) is 6.10. The molecule has 1 aliphatic rings. The first-order valence-corrected chi connectivity index (χ1v) is 9.42. The molecular weight excluding hydrogens is 332 g/mol. The van der Waals surface area contributed by atoms with Crippen LogP contribution >= 0.6 is 11.6 Å². The van der Waals surface area contributed by atoms with Crippen LogP contribution in [0.25, 0.3) is 0 Å². The van der Waals surface area contributed by atoms with Crippen LogP contribution in [0.1, 0.15) is 43.5 Å². The van der Waals surface area contributed by atoms with E-state index in [4.69, 9.17) is 16.3 Å². The molecule has 0 N–H and O–H groups in total. The Hall–Kier alpha value is -1.42. The van der Waals surface area contributed by atoms with E-state index in [1.165, 1.54) is 18.4 Å². The smallest absolute Gasteiger partial charge is 0.0572 e. The maximum atomic E-state index is 6.07. The Balaban J connectivity index is 1.76. The number of methoxy groups -OCH3 is 1. The molecule has 0 radical (unpaired) electrons. The van der Waals surface area contributed by atoms with Gasteiger partial charge in [-0.2, -0.15) is 0 Å². The molecule has 1 atom stereocenters. The van der Waals surface area contributed by atoms with Gasteiger partial charge in [0.2, 0.25) is 0 Å². The minimum absolute atomic E-state index is 0.265. The van der Waals surface area contributed by atoms with Crippen LogP contribution in [-0.4, -0.2) is 36.7 Å². The van der Waals surface area contributed by atoms with E-state index in [1.807, 2.05) is 24.4 Å². The molecule has 4 heteroatoms. The van der Waals surface area contributed by atoms with Crippen LogP contribution in [0.5, 0.6) is 0 Å². The Labute approximate surface area is 156 Å². The summed E-state index contributed by atoms with van der Waals surface area (Å²) in [7, 11) is 1.77. The summed E-state index contributed by atoms with van der Waals surface area (Å²) in [6, 6.07) is 14.9. The van der Waals surface area contributed by atoms with Crippen molar-refractivity contribution in [2.24, 2.45) is 0 Å². The van der Waals surface area contributed by atoms with E-state index in [0.717, 1.165) is 36.8 Å². The predicted molar refractivity (Wildman–Crippen MR) is 103 cm³/mol. The van der Waals surface area contributed by atoms with Crippen LogP contribution in [0.15, 0.2) is 48.7 Å². The van der Waals surface area contributed by atoms with Gasteiger partial charge in [0.05, 0.1) is 5.69 Å². The fourth-order valence-electron chi connectivity index (χ4n) is 3.51. The van der Waals surface area contributed by atoms with Crippen molar-refractivity contribution in [3.05, 3.63) is 64.9 Å². The molecule has 1 aromatic carbocycles. The van der Waals surface area contributed by atoms with Crippen molar-refractivity contribution in [1.29, 1.82) is 0 Å². The first-order valence-electron chi connectivity index (χ1n) is 9.05. The number of pyridine rings is 1. The average Bonchev–Trinajstić information content (AvgIpc) is 3.42. The van der Waals surface area contributed by atoms with E-state index in [1.54, 1.807) is 7.11 Å². The van der Waals surface area contributed by atoms with E-state index in [-0.39, 0.29) is 5.41 Å². The second-order valence-electron chi connectivity index (χ2n) is 7.03. The van der Waals surface area contributed by atoms with Crippen molar-refractivity contribution < 1.29 is 4.74 Å². The number of hydrogen-bond acceptors (Lipinski definition) is 3. The lowest BCUT2D eigenvalue weighted by atomic mass is 9.94. The summed E-state index contributed by atoms with van der Waals surface area (Å²) in [5, 5.41) is 0.804. The highest BCUT2D eigenvalue weighted by atomic mass is 35.5. The second-order valence-corrected chi connectivity index (χ2v) is 7.47. The molecule has 1 aliphatic carbocycles. The quantitative estimate of drug-likeness (QED) is 0.598. The number of benzene rings is 1. The second kappa shape index (κ2) is 8.31. The maximum absolute atomic E-state index is 6.07. The van der Waals surface area contributed by atoms with Gasteiger partial charge in [0.15, 0.2) is 0 Å². The zero-order valence-electron chi connectivity index (χ0n) is 15.1. The zero-order valence-corrected chi connectivity index (χ0v) is 15.9. The molecule has 0 saturated heterocycles. The SMILES string of the molecule is COCCCN(CC1(c2ccc(Cl)cc2)CC1)[C@@H](C)c1ccccn1. The fourth-order valence-corrected chi connectivity index (χ4v) is 3.64. The standard InChI is InChI=1S/C21H27ClN2O/c1-17(20-6-3-4-13-23-20)24(14-5-15-25-2)16-21(11-12-21)18-7-9-19(22)10-8-18/h3-4,6-10,13,17H,5,11-12,14-16H2,1-2H3/t17-/m0/s1. The van der Waals surface area contributed by atoms with Crippen LogP contribution in [0, 0.1) is 0 Å². The van der Waals surface area contributed by atoms with Gasteiger partial charge in [-0.1, -0.05) is 29.8 Å². The molecule has 3 rings (SSSR count). The number of nitrogens with zero attached hydrogens (tertiary/aromatic N) is 2. The average molecular weight is 359 g/mol. The molecule has 134 valence electrons. The third kappa shape index (κ3) is 4.60. The first-order chi connectivity index (χ1) is 12.1. The van der Waals surface area contributed by atoms with Crippen molar-refractivity contribution in [2.75, 3.05) is 26.8 Å². The molecule has 25 heavy (non-hydrogen) atoms.